The minimum absolute atomic E-state index is 0.103. The van der Waals surface area contributed by atoms with Crippen molar-refractivity contribution >= 4 is 17.5 Å². The molecule has 0 bridgehead atoms. The lowest BCUT2D eigenvalue weighted by molar-refractivity contribution is 0.0944. The fourth-order valence-electron chi connectivity index (χ4n) is 1.81. The molecule has 0 aromatic heterocycles. The van der Waals surface area contributed by atoms with Crippen molar-refractivity contribution in [2.75, 3.05) is 20.3 Å². The second-order valence-corrected chi connectivity index (χ2v) is 4.88. The van der Waals surface area contributed by atoms with Gasteiger partial charge in [0.2, 0.25) is 0 Å². The van der Waals surface area contributed by atoms with Crippen LogP contribution >= 0.6 is 11.6 Å². The molecule has 0 fully saturated rings. The number of phenolic OH excluding ortho intramolecular Hbond substituents is 1. The molecule has 2 aromatic rings. The van der Waals surface area contributed by atoms with Gasteiger partial charge in [-0.3, -0.25) is 4.79 Å². The maximum absolute atomic E-state index is 12.0. The monoisotopic (exact) mass is 321 g/mol. The summed E-state index contributed by atoms with van der Waals surface area (Å²) in [7, 11) is 1.49. The molecule has 0 aliphatic rings. The van der Waals surface area contributed by atoms with Crippen molar-refractivity contribution in [3.8, 4) is 17.2 Å². The molecule has 22 heavy (non-hydrogen) atoms. The van der Waals surface area contributed by atoms with Crippen molar-refractivity contribution in [2.45, 2.75) is 0 Å². The highest BCUT2D eigenvalue weighted by atomic mass is 35.5. The van der Waals surface area contributed by atoms with Crippen LogP contribution in [0.1, 0.15) is 10.4 Å². The topological polar surface area (TPSA) is 67.8 Å². The fourth-order valence-corrected chi connectivity index (χ4v) is 1.99. The number of aromatic hydroxyl groups is 1. The molecule has 0 heterocycles. The zero-order valence-electron chi connectivity index (χ0n) is 12.0. The first kappa shape index (κ1) is 16.0. The summed E-state index contributed by atoms with van der Waals surface area (Å²) in [4.78, 5) is 12.0. The molecule has 0 unspecified atom stereocenters. The summed E-state index contributed by atoms with van der Waals surface area (Å²) in [6, 6.07) is 11.5. The van der Waals surface area contributed by atoms with E-state index < -0.39 is 5.91 Å². The van der Waals surface area contributed by atoms with Crippen LogP contribution in [0, 0.1) is 0 Å². The van der Waals surface area contributed by atoms with E-state index >= 15 is 0 Å². The Kier molecular flexibility index (Phi) is 5.49. The Morgan fingerprint density at radius 3 is 2.77 bits per heavy atom. The van der Waals surface area contributed by atoms with Gasteiger partial charge in [-0.15, -0.1) is 0 Å². The van der Waals surface area contributed by atoms with Crippen LogP contribution in [0.15, 0.2) is 42.5 Å². The van der Waals surface area contributed by atoms with Crippen molar-refractivity contribution in [3.05, 3.63) is 53.1 Å². The summed E-state index contributed by atoms with van der Waals surface area (Å²) in [6.45, 7) is 0.582. The Morgan fingerprint density at radius 2 is 2.05 bits per heavy atom. The number of methoxy groups -OCH3 is 1. The van der Waals surface area contributed by atoms with E-state index in [2.05, 4.69) is 5.32 Å². The zero-order valence-corrected chi connectivity index (χ0v) is 12.8. The number of nitrogens with one attached hydrogen (secondary N) is 1. The molecule has 2 N–H and O–H groups in total. The maximum atomic E-state index is 12.0. The maximum Gasteiger partial charge on any atom is 0.255 e. The predicted molar refractivity (Wildman–Crippen MR) is 83.9 cm³/mol. The average molecular weight is 322 g/mol. The summed E-state index contributed by atoms with van der Waals surface area (Å²) in [6.07, 6.45) is 0. The highest BCUT2D eigenvalue weighted by molar-refractivity contribution is 6.30. The zero-order chi connectivity index (χ0) is 15.9. The summed E-state index contributed by atoms with van der Waals surface area (Å²) < 4.78 is 10.5. The van der Waals surface area contributed by atoms with Crippen LogP contribution in [-0.4, -0.2) is 31.3 Å². The van der Waals surface area contributed by atoms with Crippen LogP contribution in [0.4, 0.5) is 0 Å². The summed E-state index contributed by atoms with van der Waals surface area (Å²) in [5.41, 5.74) is 0.155. The van der Waals surface area contributed by atoms with Crippen molar-refractivity contribution in [1.29, 1.82) is 0 Å². The van der Waals surface area contributed by atoms with Gasteiger partial charge in [-0.2, -0.15) is 0 Å². The van der Waals surface area contributed by atoms with Crippen molar-refractivity contribution in [3.63, 3.8) is 0 Å². The van der Waals surface area contributed by atoms with Crippen LogP contribution in [0.25, 0.3) is 0 Å². The third kappa shape index (κ3) is 4.30. The first-order valence-electron chi connectivity index (χ1n) is 6.63. The summed E-state index contributed by atoms with van der Waals surface area (Å²) in [5.74, 6) is 0.629. The molecule has 0 atom stereocenters. The Balaban J connectivity index is 1.85. The van der Waals surface area contributed by atoms with Crippen LogP contribution in [0.2, 0.25) is 5.02 Å². The largest absolute Gasteiger partial charge is 0.507 e. The van der Waals surface area contributed by atoms with E-state index in [1.165, 1.54) is 19.2 Å². The lowest BCUT2D eigenvalue weighted by Crippen LogP contribution is -2.28. The Hall–Kier alpha value is -2.40. The van der Waals surface area contributed by atoms with E-state index in [1.54, 1.807) is 30.3 Å². The number of amides is 1. The molecule has 0 aliphatic heterocycles. The van der Waals surface area contributed by atoms with Gasteiger partial charge in [-0.25, -0.2) is 0 Å². The molecule has 116 valence electrons. The standard InChI is InChI=1S/C16H16ClNO4/c1-21-12-5-6-15(19)14(10-12)16(20)18-7-8-22-13-4-2-3-11(17)9-13/h2-6,9-10,19H,7-8H2,1H3,(H,18,20). The van der Waals surface area contributed by atoms with Gasteiger partial charge in [0.15, 0.2) is 0 Å². The summed E-state index contributed by atoms with van der Waals surface area (Å²) in [5, 5.41) is 13.0. The van der Waals surface area contributed by atoms with Gasteiger partial charge < -0.3 is 19.9 Å². The van der Waals surface area contributed by atoms with Crippen LogP contribution in [0.5, 0.6) is 17.2 Å². The van der Waals surface area contributed by atoms with Crippen LogP contribution in [0.3, 0.4) is 0 Å². The van der Waals surface area contributed by atoms with E-state index in [1.807, 2.05) is 0 Å². The first-order valence-corrected chi connectivity index (χ1v) is 7.01. The van der Waals surface area contributed by atoms with E-state index in [4.69, 9.17) is 21.1 Å². The van der Waals surface area contributed by atoms with E-state index in [9.17, 15) is 9.90 Å². The van der Waals surface area contributed by atoms with E-state index in [0.717, 1.165) is 0 Å². The number of rotatable bonds is 6. The normalized spacial score (nSPS) is 10.1. The first-order chi connectivity index (χ1) is 10.6. The highest BCUT2D eigenvalue weighted by Crippen LogP contribution is 2.22. The van der Waals surface area contributed by atoms with Gasteiger partial charge in [0, 0.05) is 5.02 Å². The van der Waals surface area contributed by atoms with Gasteiger partial charge >= 0.3 is 0 Å². The lowest BCUT2D eigenvalue weighted by Gasteiger charge is -2.10. The number of benzene rings is 2. The predicted octanol–water partition coefficient (Wildman–Crippen LogP) is 2.86. The molecular weight excluding hydrogens is 306 g/mol. The second kappa shape index (κ2) is 7.56. The number of hydrogen-bond acceptors (Lipinski definition) is 4. The number of ether oxygens (including phenoxy) is 2. The molecule has 0 spiro atoms. The molecule has 0 saturated heterocycles. The van der Waals surface area contributed by atoms with Crippen molar-refractivity contribution in [2.24, 2.45) is 0 Å². The number of carbonyl (C=O) groups is 1. The fraction of sp³-hybridized carbons (Fsp3) is 0.188. The molecule has 0 aliphatic carbocycles. The minimum Gasteiger partial charge on any atom is -0.507 e. The molecule has 6 heteroatoms. The average Bonchev–Trinajstić information content (AvgIpc) is 2.52. The molecular formula is C16H16ClNO4. The molecule has 0 saturated carbocycles. The van der Waals surface area contributed by atoms with Crippen LogP contribution < -0.4 is 14.8 Å². The van der Waals surface area contributed by atoms with Gasteiger partial charge in [-0.1, -0.05) is 17.7 Å². The van der Waals surface area contributed by atoms with Crippen LogP contribution in [-0.2, 0) is 0 Å². The summed E-state index contributed by atoms with van der Waals surface area (Å²) >= 11 is 5.84. The SMILES string of the molecule is COc1ccc(O)c(C(=O)NCCOc2cccc(Cl)c2)c1. The smallest absolute Gasteiger partial charge is 0.255 e. The highest BCUT2D eigenvalue weighted by Gasteiger charge is 2.11. The van der Waals surface area contributed by atoms with Gasteiger partial charge in [-0.05, 0) is 36.4 Å². The second-order valence-electron chi connectivity index (χ2n) is 4.44. The molecule has 2 aromatic carbocycles. The Morgan fingerprint density at radius 1 is 1.23 bits per heavy atom. The minimum atomic E-state index is -0.397. The van der Waals surface area contributed by atoms with Gasteiger partial charge in [0.25, 0.3) is 5.91 Å². The van der Waals surface area contributed by atoms with Crippen molar-refractivity contribution in [1.82, 2.24) is 5.32 Å². The quantitative estimate of drug-likeness (QED) is 0.803. The van der Waals surface area contributed by atoms with E-state index in [0.29, 0.717) is 23.1 Å². The lowest BCUT2D eigenvalue weighted by atomic mass is 10.2. The molecule has 2 rings (SSSR count). The molecule has 5 nitrogen and oxygen atoms in total. The Labute approximate surface area is 133 Å². The third-order valence-corrected chi connectivity index (χ3v) is 3.14. The number of phenols is 1. The molecule has 0 radical (unpaired) electrons. The van der Waals surface area contributed by atoms with E-state index in [-0.39, 0.29) is 17.9 Å². The van der Waals surface area contributed by atoms with Gasteiger partial charge in [0.1, 0.15) is 23.9 Å². The number of hydrogen-bond donors (Lipinski definition) is 2. The molecule has 1 amide bonds. The third-order valence-electron chi connectivity index (χ3n) is 2.90. The Bertz CT molecular complexity index is 660. The number of halogens is 1. The van der Waals surface area contributed by atoms with Gasteiger partial charge in [0.05, 0.1) is 19.2 Å². The number of carbonyl (C=O) groups excluding carboxylic acids is 1. The van der Waals surface area contributed by atoms with Crippen molar-refractivity contribution < 1.29 is 19.4 Å².